The molecule has 0 spiro atoms. The van der Waals surface area contributed by atoms with Crippen molar-refractivity contribution in [3.05, 3.63) is 42.5 Å². The number of ether oxygens (including phenoxy) is 2. The van der Waals surface area contributed by atoms with E-state index < -0.39 is 0 Å². The summed E-state index contributed by atoms with van der Waals surface area (Å²) in [4.78, 5) is 4.25. The molecule has 146 valence electrons. The third-order valence-electron chi connectivity index (χ3n) is 4.38. The van der Waals surface area contributed by atoms with Crippen molar-refractivity contribution in [1.29, 1.82) is 0 Å². The second kappa shape index (κ2) is 10.6. The lowest BCUT2D eigenvalue weighted by Crippen LogP contribution is -2.38. The van der Waals surface area contributed by atoms with Crippen LogP contribution in [0.15, 0.2) is 41.7 Å². The number of hydrogen-bond acceptors (Lipinski definition) is 5. The molecule has 2 N–H and O–H groups in total. The third kappa shape index (κ3) is 6.04. The molecule has 1 aliphatic rings. The van der Waals surface area contributed by atoms with Crippen molar-refractivity contribution in [3.8, 4) is 5.69 Å². The van der Waals surface area contributed by atoms with Crippen LogP contribution in [0.1, 0.15) is 25.1 Å². The number of rotatable bonds is 9. The number of aromatic nitrogens is 3. The Hall–Kier alpha value is -2.45. The number of guanidine groups is 1. The number of para-hydroxylation sites is 1. The number of benzene rings is 1. The van der Waals surface area contributed by atoms with Crippen LogP contribution in [0.2, 0.25) is 0 Å². The third-order valence-corrected chi connectivity index (χ3v) is 4.38. The molecule has 1 unspecified atom stereocenters. The van der Waals surface area contributed by atoms with E-state index in [0.29, 0.717) is 19.8 Å². The molecule has 1 atom stereocenters. The fraction of sp³-hybridized carbons (Fsp3) is 0.526. The summed E-state index contributed by atoms with van der Waals surface area (Å²) in [6.45, 7) is 3.60. The van der Waals surface area contributed by atoms with Crippen molar-refractivity contribution in [2.24, 2.45) is 4.99 Å². The molecule has 8 heteroatoms. The fourth-order valence-electron chi connectivity index (χ4n) is 2.94. The Kier molecular flexibility index (Phi) is 7.61. The summed E-state index contributed by atoms with van der Waals surface area (Å²) in [6.07, 6.45) is 5.17. The van der Waals surface area contributed by atoms with Crippen molar-refractivity contribution in [3.63, 3.8) is 0 Å². The molecule has 0 amide bonds. The molecule has 27 heavy (non-hydrogen) atoms. The smallest absolute Gasteiger partial charge is 0.191 e. The monoisotopic (exact) mass is 372 g/mol. The van der Waals surface area contributed by atoms with E-state index in [1.165, 1.54) is 0 Å². The molecule has 1 aliphatic heterocycles. The van der Waals surface area contributed by atoms with Crippen LogP contribution in [-0.4, -0.2) is 60.2 Å². The van der Waals surface area contributed by atoms with E-state index in [1.807, 2.05) is 34.9 Å². The molecule has 1 fully saturated rings. The quantitative estimate of drug-likeness (QED) is 0.394. The van der Waals surface area contributed by atoms with Gasteiger partial charge >= 0.3 is 0 Å². The van der Waals surface area contributed by atoms with Gasteiger partial charge < -0.3 is 20.1 Å². The first kappa shape index (κ1) is 19.3. The van der Waals surface area contributed by atoms with Crippen LogP contribution in [0, 0.1) is 0 Å². The van der Waals surface area contributed by atoms with E-state index >= 15 is 0 Å². The first-order chi connectivity index (χ1) is 13.4. The summed E-state index contributed by atoms with van der Waals surface area (Å²) in [6, 6.07) is 10.0. The Bertz CT molecular complexity index is 697. The van der Waals surface area contributed by atoms with E-state index in [1.54, 1.807) is 13.4 Å². The highest BCUT2D eigenvalue weighted by atomic mass is 16.5. The van der Waals surface area contributed by atoms with Crippen LogP contribution in [0.3, 0.4) is 0 Å². The zero-order chi connectivity index (χ0) is 18.7. The van der Waals surface area contributed by atoms with Crippen molar-refractivity contribution < 1.29 is 9.47 Å². The first-order valence-electron chi connectivity index (χ1n) is 9.45. The standard InChI is InChI=1S/C19H28N6O2/c1-20-19(21-10-6-11-26-14-17-9-5-12-27-17)22-13-18-24-23-15-25(18)16-7-3-2-4-8-16/h2-4,7-8,15,17H,5-6,9-14H2,1H3,(H2,20,21,22). The van der Waals surface area contributed by atoms with Gasteiger partial charge in [0.1, 0.15) is 6.33 Å². The van der Waals surface area contributed by atoms with Crippen molar-refractivity contribution >= 4 is 5.96 Å². The van der Waals surface area contributed by atoms with Gasteiger partial charge in [0.2, 0.25) is 0 Å². The molecule has 0 saturated carbocycles. The minimum atomic E-state index is 0.286. The number of hydrogen-bond donors (Lipinski definition) is 2. The maximum absolute atomic E-state index is 5.67. The summed E-state index contributed by atoms with van der Waals surface area (Å²) in [5, 5.41) is 14.8. The van der Waals surface area contributed by atoms with Crippen LogP contribution in [0.25, 0.3) is 5.69 Å². The molecule has 3 rings (SSSR count). The minimum Gasteiger partial charge on any atom is -0.379 e. The summed E-state index contributed by atoms with van der Waals surface area (Å²) < 4.78 is 13.2. The van der Waals surface area contributed by atoms with E-state index in [4.69, 9.17) is 9.47 Å². The van der Waals surface area contributed by atoms with Crippen molar-refractivity contribution in [2.75, 3.05) is 33.4 Å². The number of nitrogens with zero attached hydrogens (tertiary/aromatic N) is 4. The molecular formula is C19H28N6O2. The average molecular weight is 372 g/mol. The fourth-order valence-corrected chi connectivity index (χ4v) is 2.94. The second-order valence-electron chi connectivity index (χ2n) is 6.37. The van der Waals surface area contributed by atoms with E-state index in [-0.39, 0.29) is 6.10 Å². The molecule has 2 heterocycles. The Morgan fingerprint density at radius 1 is 1.33 bits per heavy atom. The molecule has 0 radical (unpaired) electrons. The van der Waals surface area contributed by atoms with E-state index in [9.17, 15) is 0 Å². The van der Waals surface area contributed by atoms with Crippen LogP contribution in [-0.2, 0) is 16.0 Å². The molecule has 1 saturated heterocycles. The Labute approximate surface area is 160 Å². The molecule has 0 aliphatic carbocycles. The summed E-state index contributed by atoms with van der Waals surface area (Å²) in [5.41, 5.74) is 1.03. The van der Waals surface area contributed by atoms with Gasteiger partial charge in [-0.05, 0) is 31.4 Å². The van der Waals surface area contributed by atoms with Crippen LogP contribution in [0.4, 0.5) is 0 Å². The Morgan fingerprint density at radius 2 is 2.22 bits per heavy atom. The molecule has 0 bridgehead atoms. The van der Waals surface area contributed by atoms with Crippen molar-refractivity contribution in [2.45, 2.75) is 31.9 Å². The van der Waals surface area contributed by atoms with Crippen LogP contribution >= 0.6 is 0 Å². The van der Waals surface area contributed by atoms with Gasteiger partial charge in [0.25, 0.3) is 0 Å². The average Bonchev–Trinajstić information content (AvgIpc) is 3.39. The predicted octanol–water partition coefficient (Wildman–Crippen LogP) is 1.52. The zero-order valence-electron chi connectivity index (χ0n) is 15.8. The van der Waals surface area contributed by atoms with Crippen molar-refractivity contribution in [1.82, 2.24) is 25.4 Å². The van der Waals surface area contributed by atoms with Gasteiger partial charge in [0, 0.05) is 32.5 Å². The van der Waals surface area contributed by atoms with Gasteiger partial charge in [-0.25, -0.2) is 0 Å². The second-order valence-corrected chi connectivity index (χ2v) is 6.37. The largest absolute Gasteiger partial charge is 0.379 e. The lowest BCUT2D eigenvalue weighted by atomic mass is 10.2. The van der Waals surface area contributed by atoms with Gasteiger partial charge in [0.15, 0.2) is 11.8 Å². The van der Waals surface area contributed by atoms with E-state index in [0.717, 1.165) is 49.9 Å². The highest BCUT2D eigenvalue weighted by molar-refractivity contribution is 5.79. The summed E-state index contributed by atoms with van der Waals surface area (Å²) in [7, 11) is 1.76. The Morgan fingerprint density at radius 3 is 3.00 bits per heavy atom. The lowest BCUT2D eigenvalue weighted by molar-refractivity contribution is 0.0168. The maximum atomic E-state index is 5.67. The van der Waals surface area contributed by atoms with Gasteiger partial charge in [-0.1, -0.05) is 18.2 Å². The normalized spacial score (nSPS) is 17.2. The first-order valence-corrected chi connectivity index (χ1v) is 9.45. The molecule has 2 aromatic rings. The lowest BCUT2D eigenvalue weighted by Gasteiger charge is -2.13. The highest BCUT2D eigenvalue weighted by Crippen LogP contribution is 2.12. The molecular weight excluding hydrogens is 344 g/mol. The topological polar surface area (TPSA) is 85.6 Å². The number of nitrogens with one attached hydrogen (secondary N) is 2. The SMILES string of the molecule is CN=C(NCCCOCC1CCCO1)NCc1nncn1-c1ccccc1. The minimum absolute atomic E-state index is 0.286. The Balaban J connectivity index is 1.35. The molecule has 1 aromatic carbocycles. The summed E-state index contributed by atoms with van der Waals surface area (Å²) >= 11 is 0. The van der Waals surface area contributed by atoms with Gasteiger partial charge in [0.05, 0.1) is 19.3 Å². The van der Waals surface area contributed by atoms with Crippen LogP contribution in [0.5, 0.6) is 0 Å². The summed E-state index contributed by atoms with van der Waals surface area (Å²) in [5.74, 6) is 1.56. The predicted molar refractivity (Wildman–Crippen MR) is 104 cm³/mol. The molecule has 8 nitrogen and oxygen atoms in total. The number of aliphatic imine (C=N–C) groups is 1. The van der Waals surface area contributed by atoms with Gasteiger partial charge in [-0.15, -0.1) is 10.2 Å². The van der Waals surface area contributed by atoms with Gasteiger partial charge in [-0.3, -0.25) is 9.56 Å². The molecule has 1 aromatic heterocycles. The van der Waals surface area contributed by atoms with E-state index in [2.05, 4.69) is 25.8 Å². The maximum Gasteiger partial charge on any atom is 0.191 e. The van der Waals surface area contributed by atoms with Gasteiger partial charge in [-0.2, -0.15) is 0 Å². The highest BCUT2D eigenvalue weighted by Gasteiger charge is 2.14. The van der Waals surface area contributed by atoms with Crippen LogP contribution < -0.4 is 10.6 Å². The zero-order valence-corrected chi connectivity index (χ0v) is 15.8.